The van der Waals surface area contributed by atoms with Crippen molar-refractivity contribution in [2.24, 2.45) is 5.73 Å². The number of aromatic amines is 2. The van der Waals surface area contributed by atoms with Crippen LogP contribution in [0.15, 0.2) is 28.4 Å². The Bertz CT molecular complexity index is 1240. The van der Waals surface area contributed by atoms with Crippen LogP contribution in [0.25, 0.3) is 0 Å². The number of nitrogens with zero attached hydrogens (tertiary/aromatic N) is 2. The maximum atomic E-state index is 14.2. The van der Waals surface area contributed by atoms with Gasteiger partial charge in [0, 0.05) is 11.1 Å². The van der Waals surface area contributed by atoms with Crippen LogP contribution in [0.5, 0.6) is 5.88 Å². The zero-order chi connectivity index (χ0) is 20.9. The predicted molar refractivity (Wildman–Crippen MR) is 105 cm³/mol. The quantitative estimate of drug-likeness (QED) is 0.633. The van der Waals surface area contributed by atoms with Gasteiger partial charge in [-0.3, -0.25) is 9.78 Å². The van der Waals surface area contributed by atoms with E-state index in [0.29, 0.717) is 5.56 Å². The van der Waals surface area contributed by atoms with Crippen LogP contribution < -0.4 is 21.1 Å². The van der Waals surface area contributed by atoms with E-state index >= 15 is 0 Å². The van der Waals surface area contributed by atoms with Gasteiger partial charge in [-0.05, 0) is 44.2 Å². The third-order valence-corrected chi connectivity index (χ3v) is 6.49. The molecular weight excluding hydrogens is 370 g/mol. The second-order valence-electron chi connectivity index (χ2n) is 8.74. The maximum Gasteiger partial charge on any atom is 0.326 e. The van der Waals surface area contributed by atoms with Gasteiger partial charge in [0.05, 0.1) is 5.69 Å². The number of nitriles is 1. The highest BCUT2D eigenvalue weighted by atomic mass is 16.5. The van der Waals surface area contributed by atoms with Crippen molar-refractivity contribution in [3.05, 3.63) is 56.5 Å². The summed E-state index contributed by atoms with van der Waals surface area (Å²) < 4.78 is 5.51. The highest BCUT2D eigenvalue weighted by molar-refractivity contribution is 6.16. The van der Waals surface area contributed by atoms with Crippen LogP contribution in [0.3, 0.4) is 0 Å². The second kappa shape index (κ2) is 5.11. The number of anilines is 1. The molecule has 2 atom stereocenters. The number of imidazole rings is 1. The van der Waals surface area contributed by atoms with Gasteiger partial charge in [0.25, 0.3) is 0 Å². The number of carbonyl (C=O) groups excluding carboxylic acids is 1. The Morgan fingerprint density at radius 3 is 2.72 bits per heavy atom. The van der Waals surface area contributed by atoms with E-state index in [9.17, 15) is 14.9 Å². The van der Waals surface area contributed by atoms with E-state index < -0.39 is 16.6 Å². The van der Waals surface area contributed by atoms with Crippen LogP contribution in [0, 0.1) is 18.3 Å². The van der Waals surface area contributed by atoms with Crippen LogP contribution >= 0.6 is 0 Å². The second-order valence-corrected chi connectivity index (χ2v) is 8.74. The number of hydrogen-bond acceptors (Lipinski definition) is 5. The Hall–Kier alpha value is -3.47. The highest BCUT2D eigenvalue weighted by Crippen LogP contribution is 2.60. The Balaban J connectivity index is 2.01. The first-order valence-corrected chi connectivity index (χ1v) is 9.54. The van der Waals surface area contributed by atoms with Crippen molar-refractivity contribution < 1.29 is 9.53 Å². The van der Waals surface area contributed by atoms with Crippen molar-refractivity contribution >= 4 is 11.6 Å². The number of hydrogen-bond donors (Lipinski definition) is 3. The molecule has 0 saturated carbocycles. The summed E-state index contributed by atoms with van der Waals surface area (Å²) in [5.74, 6) is -0.164. The summed E-state index contributed by atoms with van der Waals surface area (Å²) in [4.78, 5) is 33.4. The zero-order valence-electron chi connectivity index (χ0n) is 16.6. The number of carbonyl (C=O) groups is 1. The molecule has 5 rings (SSSR count). The smallest absolute Gasteiger partial charge is 0.326 e. The summed E-state index contributed by atoms with van der Waals surface area (Å²) in [5.41, 5.74) is 7.20. The molecule has 29 heavy (non-hydrogen) atoms. The van der Waals surface area contributed by atoms with Gasteiger partial charge in [-0.2, -0.15) is 5.26 Å². The minimum atomic E-state index is -1.54. The predicted octanol–water partition coefficient (Wildman–Crippen LogP) is 2.02. The number of fused-ring (bicyclic) bond motifs is 3. The van der Waals surface area contributed by atoms with Gasteiger partial charge in [-0.25, -0.2) is 4.79 Å². The van der Waals surface area contributed by atoms with E-state index in [1.54, 1.807) is 4.90 Å². The molecule has 8 nitrogen and oxygen atoms in total. The van der Waals surface area contributed by atoms with Gasteiger partial charge in [0.1, 0.15) is 17.3 Å². The van der Waals surface area contributed by atoms with Crippen LogP contribution in [-0.2, 0) is 10.2 Å². The van der Waals surface area contributed by atoms with Crippen LogP contribution in [0.2, 0.25) is 0 Å². The van der Waals surface area contributed by atoms with E-state index in [1.807, 2.05) is 32.9 Å². The molecule has 1 spiro atoms. The fourth-order valence-electron chi connectivity index (χ4n) is 5.51. The lowest BCUT2D eigenvalue weighted by molar-refractivity contribution is -0.122. The van der Waals surface area contributed by atoms with Crippen LogP contribution in [0.1, 0.15) is 55.5 Å². The van der Waals surface area contributed by atoms with E-state index in [-0.39, 0.29) is 34.9 Å². The monoisotopic (exact) mass is 391 g/mol. The molecule has 1 amide bonds. The number of aryl methyl sites for hydroxylation is 1. The summed E-state index contributed by atoms with van der Waals surface area (Å²) in [6.07, 6.45) is 0.776. The maximum absolute atomic E-state index is 14.2. The van der Waals surface area contributed by atoms with Crippen LogP contribution in [0.4, 0.5) is 5.69 Å². The highest BCUT2D eigenvalue weighted by Gasteiger charge is 2.64. The van der Waals surface area contributed by atoms with Crippen LogP contribution in [-0.4, -0.2) is 21.4 Å². The largest absolute Gasteiger partial charge is 0.422 e. The topological polar surface area (TPSA) is 128 Å². The standard InChI is InChI=1S/C21H21N5O3/c1-9-5-6-11-10(2)7-20(3,4)26-14(11)13(9)21(18(26)27)12(8-22)16(23)29-17-15(21)24-19(28)25-17/h5-6,10H,7,23H2,1-4H3,(H2,24,25,28)/t10-,21+/m1/s1. The number of nitrogens with one attached hydrogen (secondary N) is 2. The van der Waals surface area contributed by atoms with Gasteiger partial charge in [-0.1, -0.05) is 19.1 Å². The van der Waals surface area contributed by atoms with E-state index in [2.05, 4.69) is 23.0 Å². The number of ether oxygens (including phenoxy) is 1. The SMILES string of the molecule is Cc1ccc2c3c1[C@@]1(C(=O)N3C(C)(C)C[C@H]2C)C(C#N)=C(N)Oc2[nH]c(=O)[nH]c21. The first-order valence-electron chi connectivity index (χ1n) is 9.54. The van der Waals surface area contributed by atoms with E-state index in [0.717, 1.165) is 23.2 Å². The number of rotatable bonds is 0. The molecule has 2 aromatic rings. The number of amides is 1. The fourth-order valence-corrected chi connectivity index (χ4v) is 5.51. The Morgan fingerprint density at radius 1 is 1.31 bits per heavy atom. The van der Waals surface area contributed by atoms with Crippen molar-refractivity contribution in [1.29, 1.82) is 5.26 Å². The molecule has 3 aliphatic heterocycles. The fraction of sp³-hybridized carbons (Fsp3) is 0.381. The summed E-state index contributed by atoms with van der Waals surface area (Å²) in [6.45, 7) is 8.09. The molecule has 8 heteroatoms. The third kappa shape index (κ3) is 1.83. The van der Waals surface area contributed by atoms with Gasteiger partial charge < -0.3 is 20.4 Å². The molecule has 0 aliphatic carbocycles. The molecule has 0 unspecified atom stereocenters. The first-order chi connectivity index (χ1) is 13.6. The zero-order valence-corrected chi connectivity index (χ0v) is 16.6. The number of aromatic nitrogens is 2. The van der Waals surface area contributed by atoms with Crippen molar-refractivity contribution in [3.63, 3.8) is 0 Å². The molecule has 0 saturated heterocycles. The Kier molecular flexibility index (Phi) is 3.11. The molecule has 4 heterocycles. The van der Waals surface area contributed by atoms with Gasteiger partial charge in [0.15, 0.2) is 5.41 Å². The van der Waals surface area contributed by atoms with Gasteiger partial charge in [-0.15, -0.1) is 0 Å². The summed E-state index contributed by atoms with van der Waals surface area (Å²) in [5, 5.41) is 10.0. The number of benzene rings is 1. The minimum absolute atomic E-state index is 0.000368. The minimum Gasteiger partial charge on any atom is -0.422 e. The van der Waals surface area contributed by atoms with Gasteiger partial charge in [0.2, 0.25) is 17.7 Å². The average molecular weight is 391 g/mol. The lowest BCUT2D eigenvalue weighted by Crippen LogP contribution is -2.54. The lowest BCUT2D eigenvalue weighted by atomic mass is 9.70. The Labute approximate surface area is 167 Å². The van der Waals surface area contributed by atoms with Gasteiger partial charge >= 0.3 is 5.69 Å². The normalized spacial score (nSPS) is 26.2. The molecule has 1 aromatic carbocycles. The van der Waals surface area contributed by atoms with Crippen molar-refractivity contribution in [2.45, 2.75) is 51.0 Å². The Morgan fingerprint density at radius 2 is 2.03 bits per heavy atom. The summed E-state index contributed by atoms with van der Waals surface area (Å²) in [6, 6.07) is 6.12. The molecule has 0 radical (unpaired) electrons. The first kappa shape index (κ1) is 17.6. The summed E-state index contributed by atoms with van der Waals surface area (Å²) in [7, 11) is 0. The molecule has 0 bridgehead atoms. The molecule has 0 fully saturated rings. The lowest BCUT2D eigenvalue weighted by Gasteiger charge is -2.44. The number of H-pyrrole nitrogens is 2. The van der Waals surface area contributed by atoms with Crippen molar-refractivity contribution in [3.8, 4) is 11.9 Å². The third-order valence-electron chi connectivity index (χ3n) is 6.49. The van der Waals surface area contributed by atoms with E-state index in [1.165, 1.54) is 0 Å². The van der Waals surface area contributed by atoms with E-state index in [4.69, 9.17) is 10.5 Å². The van der Waals surface area contributed by atoms with Crippen molar-refractivity contribution in [1.82, 2.24) is 9.97 Å². The average Bonchev–Trinajstić information content (AvgIpc) is 3.11. The molecule has 4 N–H and O–H groups in total. The number of nitrogens with two attached hydrogens (primary N) is 1. The summed E-state index contributed by atoms with van der Waals surface area (Å²) >= 11 is 0. The molecule has 3 aliphatic rings. The molecule has 148 valence electrons. The molecular formula is C21H21N5O3. The molecule has 1 aromatic heterocycles. The van der Waals surface area contributed by atoms with Crippen molar-refractivity contribution in [2.75, 3.05) is 4.90 Å².